The highest BCUT2D eigenvalue weighted by Gasteiger charge is 2.08. The van der Waals surface area contributed by atoms with Crippen LogP contribution >= 0.6 is 22.6 Å². The van der Waals surface area contributed by atoms with Gasteiger partial charge in [-0.15, -0.1) is 6.58 Å². The van der Waals surface area contributed by atoms with Crippen molar-refractivity contribution in [3.8, 4) is 5.75 Å². The second-order valence-corrected chi connectivity index (χ2v) is 3.60. The molecule has 1 atom stereocenters. The van der Waals surface area contributed by atoms with Crippen molar-refractivity contribution in [1.82, 2.24) is 0 Å². The van der Waals surface area contributed by atoms with E-state index in [1.54, 1.807) is 12.1 Å². The van der Waals surface area contributed by atoms with E-state index in [4.69, 9.17) is 5.73 Å². The fourth-order valence-corrected chi connectivity index (χ4v) is 1.45. The largest absolute Gasteiger partial charge is 0.506 e. The molecule has 3 heteroatoms. The van der Waals surface area contributed by atoms with Crippen LogP contribution in [-0.2, 0) is 0 Å². The van der Waals surface area contributed by atoms with Gasteiger partial charge < -0.3 is 10.8 Å². The number of phenols is 1. The normalized spacial score (nSPS) is 12.5. The van der Waals surface area contributed by atoms with Gasteiger partial charge in [0.15, 0.2) is 0 Å². The van der Waals surface area contributed by atoms with Gasteiger partial charge in [-0.1, -0.05) is 18.2 Å². The quantitative estimate of drug-likeness (QED) is 0.642. The number of para-hydroxylation sites is 1. The van der Waals surface area contributed by atoms with Crippen molar-refractivity contribution < 1.29 is 5.11 Å². The van der Waals surface area contributed by atoms with Crippen LogP contribution in [0, 0.1) is 3.57 Å². The highest BCUT2D eigenvalue weighted by Crippen LogP contribution is 2.27. The van der Waals surface area contributed by atoms with Crippen LogP contribution in [0.4, 0.5) is 0 Å². The summed E-state index contributed by atoms with van der Waals surface area (Å²) >= 11 is 2.06. The number of hydrogen-bond donors (Lipinski definition) is 2. The predicted octanol–water partition coefficient (Wildman–Crippen LogP) is 2.18. The summed E-state index contributed by atoms with van der Waals surface area (Å²) in [6.07, 6.45) is 1.60. The van der Waals surface area contributed by atoms with Crippen LogP contribution in [0.5, 0.6) is 5.75 Å². The Kier molecular flexibility index (Phi) is 3.11. The van der Waals surface area contributed by atoms with E-state index in [0.29, 0.717) is 0 Å². The minimum absolute atomic E-state index is 0.255. The predicted molar refractivity (Wildman–Crippen MR) is 57.9 cm³/mol. The summed E-state index contributed by atoms with van der Waals surface area (Å²) in [6.45, 7) is 3.57. The third-order valence-corrected chi connectivity index (χ3v) is 2.50. The zero-order chi connectivity index (χ0) is 9.14. The first kappa shape index (κ1) is 9.54. The molecule has 0 amide bonds. The Morgan fingerprint density at radius 1 is 1.58 bits per heavy atom. The monoisotopic (exact) mass is 275 g/mol. The van der Waals surface area contributed by atoms with E-state index in [0.717, 1.165) is 9.13 Å². The van der Waals surface area contributed by atoms with Crippen molar-refractivity contribution in [2.24, 2.45) is 5.73 Å². The summed E-state index contributed by atoms with van der Waals surface area (Å²) in [5, 5.41) is 9.56. The minimum atomic E-state index is -0.292. The van der Waals surface area contributed by atoms with E-state index >= 15 is 0 Å². The maximum Gasteiger partial charge on any atom is 0.133 e. The molecule has 1 aromatic rings. The molecule has 1 rings (SSSR count). The molecular formula is C9H10INO. The van der Waals surface area contributed by atoms with Crippen LogP contribution in [0.3, 0.4) is 0 Å². The van der Waals surface area contributed by atoms with Crippen LogP contribution in [0.1, 0.15) is 11.6 Å². The minimum Gasteiger partial charge on any atom is -0.506 e. The smallest absolute Gasteiger partial charge is 0.133 e. The lowest BCUT2D eigenvalue weighted by atomic mass is 10.1. The lowest BCUT2D eigenvalue weighted by Crippen LogP contribution is -2.06. The first-order valence-electron chi connectivity index (χ1n) is 3.52. The number of halogens is 1. The van der Waals surface area contributed by atoms with E-state index in [-0.39, 0.29) is 11.8 Å². The van der Waals surface area contributed by atoms with E-state index in [1.807, 2.05) is 12.1 Å². The number of aromatic hydroxyl groups is 1. The SMILES string of the molecule is C=C[C@@H](N)c1cccc(I)c1O. The number of hydrogen-bond acceptors (Lipinski definition) is 2. The van der Waals surface area contributed by atoms with Crippen LogP contribution in [0.15, 0.2) is 30.9 Å². The fourth-order valence-electron chi connectivity index (χ4n) is 0.928. The van der Waals surface area contributed by atoms with Gasteiger partial charge in [0.2, 0.25) is 0 Å². The van der Waals surface area contributed by atoms with Gasteiger partial charge in [0, 0.05) is 5.56 Å². The molecule has 0 aliphatic rings. The number of nitrogens with two attached hydrogens (primary N) is 1. The van der Waals surface area contributed by atoms with Gasteiger partial charge in [-0.2, -0.15) is 0 Å². The summed E-state index contributed by atoms with van der Waals surface area (Å²) in [4.78, 5) is 0. The molecule has 64 valence electrons. The van der Waals surface area contributed by atoms with E-state index in [2.05, 4.69) is 29.2 Å². The summed E-state index contributed by atoms with van der Waals surface area (Å²) in [7, 11) is 0. The van der Waals surface area contributed by atoms with Gasteiger partial charge in [-0.25, -0.2) is 0 Å². The first-order chi connectivity index (χ1) is 5.66. The van der Waals surface area contributed by atoms with Crippen LogP contribution < -0.4 is 5.73 Å². The molecular weight excluding hydrogens is 265 g/mol. The van der Waals surface area contributed by atoms with E-state index < -0.39 is 0 Å². The molecule has 0 saturated carbocycles. The molecule has 0 radical (unpaired) electrons. The summed E-state index contributed by atoms with van der Waals surface area (Å²) in [5.74, 6) is 0.255. The van der Waals surface area contributed by atoms with Gasteiger partial charge in [0.25, 0.3) is 0 Å². The second kappa shape index (κ2) is 3.91. The van der Waals surface area contributed by atoms with E-state index in [9.17, 15) is 5.11 Å². The molecule has 0 aliphatic carbocycles. The molecule has 0 aliphatic heterocycles. The van der Waals surface area contributed by atoms with Crippen molar-refractivity contribution >= 4 is 22.6 Å². The van der Waals surface area contributed by atoms with Gasteiger partial charge in [0.1, 0.15) is 5.75 Å². The van der Waals surface area contributed by atoms with Crippen molar-refractivity contribution in [3.05, 3.63) is 40.0 Å². The number of benzene rings is 1. The maximum atomic E-state index is 9.56. The molecule has 2 nitrogen and oxygen atoms in total. The van der Waals surface area contributed by atoms with Gasteiger partial charge in [-0.05, 0) is 28.7 Å². The van der Waals surface area contributed by atoms with Gasteiger partial charge in [-0.3, -0.25) is 0 Å². The Bertz CT molecular complexity index is 299. The van der Waals surface area contributed by atoms with Gasteiger partial charge in [0.05, 0.1) is 9.61 Å². The Balaban J connectivity index is 3.15. The van der Waals surface area contributed by atoms with Crippen molar-refractivity contribution in [2.45, 2.75) is 6.04 Å². The van der Waals surface area contributed by atoms with Crippen LogP contribution in [0.2, 0.25) is 0 Å². The second-order valence-electron chi connectivity index (χ2n) is 2.44. The topological polar surface area (TPSA) is 46.2 Å². The maximum absolute atomic E-state index is 9.56. The number of phenolic OH excluding ortho intramolecular Hbond substituents is 1. The third kappa shape index (κ3) is 1.78. The molecule has 0 spiro atoms. The lowest BCUT2D eigenvalue weighted by Gasteiger charge is -2.09. The van der Waals surface area contributed by atoms with Crippen molar-refractivity contribution in [1.29, 1.82) is 0 Å². The summed E-state index contributed by atoms with van der Waals surface area (Å²) in [6, 6.07) is 5.19. The molecule has 0 bridgehead atoms. The van der Waals surface area contributed by atoms with Crippen molar-refractivity contribution in [3.63, 3.8) is 0 Å². The average Bonchev–Trinajstić information content (AvgIpc) is 2.08. The van der Waals surface area contributed by atoms with Crippen molar-refractivity contribution in [2.75, 3.05) is 0 Å². The third-order valence-electron chi connectivity index (χ3n) is 1.63. The number of rotatable bonds is 2. The zero-order valence-corrected chi connectivity index (χ0v) is 8.65. The average molecular weight is 275 g/mol. The summed E-state index contributed by atoms with van der Waals surface area (Å²) < 4.78 is 0.808. The first-order valence-corrected chi connectivity index (χ1v) is 4.60. The molecule has 3 N–H and O–H groups in total. The highest BCUT2D eigenvalue weighted by molar-refractivity contribution is 14.1. The van der Waals surface area contributed by atoms with Gasteiger partial charge >= 0.3 is 0 Å². The Morgan fingerprint density at radius 2 is 2.25 bits per heavy atom. The van der Waals surface area contributed by atoms with Crippen LogP contribution in [-0.4, -0.2) is 5.11 Å². The van der Waals surface area contributed by atoms with E-state index in [1.165, 1.54) is 0 Å². The highest BCUT2D eigenvalue weighted by atomic mass is 127. The Hall–Kier alpha value is -0.550. The molecule has 1 aromatic carbocycles. The standard InChI is InChI=1S/C9H10INO/c1-2-8(11)6-4-3-5-7(10)9(6)12/h2-5,8,12H,1,11H2/t8-/m1/s1. The van der Waals surface area contributed by atoms with Crippen LogP contribution in [0.25, 0.3) is 0 Å². The molecule has 0 unspecified atom stereocenters. The molecule has 12 heavy (non-hydrogen) atoms. The molecule has 0 heterocycles. The molecule has 0 saturated heterocycles. The molecule has 0 aromatic heterocycles. The molecule has 0 fully saturated rings. The zero-order valence-electron chi connectivity index (χ0n) is 6.50. The Morgan fingerprint density at radius 3 is 2.83 bits per heavy atom. The lowest BCUT2D eigenvalue weighted by molar-refractivity contribution is 0.462. The fraction of sp³-hybridized carbons (Fsp3) is 0.111. The summed E-state index contributed by atoms with van der Waals surface area (Å²) in [5.41, 5.74) is 6.40. The Labute approximate surface area is 85.2 Å².